The number of carbonyl (C=O) groups excluding carboxylic acids is 2. The Morgan fingerprint density at radius 1 is 0.975 bits per heavy atom. The van der Waals surface area contributed by atoms with Gasteiger partial charge in [-0.05, 0) is 30.7 Å². The van der Waals surface area contributed by atoms with Gasteiger partial charge in [-0.1, -0.05) is 48.5 Å². The number of likely N-dealkylation sites (N-methyl/N-ethyl adjacent to an activating group) is 1. The van der Waals surface area contributed by atoms with Gasteiger partial charge in [-0.2, -0.15) is 0 Å². The summed E-state index contributed by atoms with van der Waals surface area (Å²) in [6.07, 6.45) is 1.11. The molecular formula is C29H34FN3O6S. The summed E-state index contributed by atoms with van der Waals surface area (Å²) in [6, 6.07) is 18.5. The average Bonchev–Trinajstić information content (AvgIpc) is 2.94. The molecule has 0 aromatic heterocycles. The molecule has 11 heteroatoms. The van der Waals surface area contributed by atoms with E-state index in [0.29, 0.717) is 12.3 Å². The van der Waals surface area contributed by atoms with Crippen LogP contribution >= 0.6 is 0 Å². The third kappa shape index (κ3) is 7.72. The highest BCUT2D eigenvalue weighted by Crippen LogP contribution is 2.34. The monoisotopic (exact) mass is 571 g/mol. The Hall–Kier alpha value is -4.12. The van der Waals surface area contributed by atoms with E-state index in [1.165, 1.54) is 49.5 Å². The van der Waals surface area contributed by atoms with E-state index in [1.54, 1.807) is 19.1 Å². The first-order chi connectivity index (χ1) is 19.1. The highest BCUT2D eigenvalue weighted by molar-refractivity contribution is 7.92. The van der Waals surface area contributed by atoms with Crippen molar-refractivity contribution in [2.24, 2.45) is 0 Å². The summed E-state index contributed by atoms with van der Waals surface area (Å²) in [5, 5.41) is 2.76. The Labute approximate surface area is 234 Å². The lowest BCUT2D eigenvalue weighted by atomic mass is 10.0. The average molecular weight is 572 g/mol. The summed E-state index contributed by atoms with van der Waals surface area (Å²) >= 11 is 0. The van der Waals surface area contributed by atoms with Crippen LogP contribution in [0.1, 0.15) is 18.1 Å². The first-order valence-electron chi connectivity index (χ1n) is 12.6. The van der Waals surface area contributed by atoms with Gasteiger partial charge in [-0.25, -0.2) is 12.8 Å². The van der Waals surface area contributed by atoms with Crippen LogP contribution in [0, 0.1) is 5.82 Å². The quantitative estimate of drug-likeness (QED) is 0.337. The zero-order valence-corrected chi connectivity index (χ0v) is 23.8. The second kappa shape index (κ2) is 13.8. The number of methoxy groups -OCH3 is 2. The topological polar surface area (TPSA) is 105 Å². The Bertz CT molecular complexity index is 1420. The molecule has 0 aliphatic heterocycles. The summed E-state index contributed by atoms with van der Waals surface area (Å²) in [6.45, 7) is 1.16. The molecule has 3 aromatic carbocycles. The maximum absolute atomic E-state index is 14.8. The van der Waals surface area contributed by atoms with Crippen molar-refractivity contribution in [2.75, 3.05) is 37.9 Å². The van der Waals surface area contributed by atoms with E-state index in [0.717, 1.165) is 16.1 Å². The molecule has 9 nitrogen and oxygen atoms in total. The van der Waals surface area contributed by atoms with E-state index < -0.39 is 40.2 Å². The lowest BCUT2D eigenvalue weighted by Gasteiger charge is -2.33. The molecule has 0 aliphatic carbocycles. The number of hydrogen-bond donors (Lipinski definition) is 1. The fraction of sp³-hybridized carbons (Fsp3) is 0.310. The van der Waals surface area contributed by atoms with Gasteiger partial charge in [0.2, 0.25) is 21.8 Å². The molecule has 0 fully saturated rings. The Morgan fingerprint density at radius 2 is 1.65 bits per heavy atom. The Morgan fingerprint density at radius 3 is 2.25 bits per heavy atom. The first kappa shape index (κ1) is 30.4. The molecule has 0 bridgehead atoms. The number of halogens is 1. The molecule has 3 aromatic rings. The van der Waals surface area contributed by atoms with Crippen molar-refractivity contribution in [1.29, 1.82) is 0 Å². The van der Waals surface area contributed by atoms with E-state index in [-0.39, 0.29) is 30.0 Å². The second-order valence-electron chi connectivity index (χ2n) is 9.02. The molecule has 2 amide bonds. The normalized spacial score (nSPS) is 11.8. The third-order valence-electron chi connectivity index (χ3n) is 6.26. The molecular weight excluding hydrogens is 537 g/mol. The lowest BCUT2D eigenvalue weighted by Crippen LogP contribution is -2.53. The lowest BCUT2D eigenvalue weighted by molar-refractivity contribution is -0.140. The van der Waals surface area contributed by atoms with Gasteiger partial charge >= 0.3 is 0 Å². The Kier molecular flexibility index (Phi) is 10.5. The van der Waals surface area contributed by atoms with Gasteiger partial charge in [0.15, 0.2) is 0 Å². The second-order valence-corrected chi connectivity index (χ2v) is 10.9. The van der Waals surface area contributed by atoms with Gasteiger partial charge in [0.05, 0.1) is 26.2 Å². The zero-order valence-electron chi connectivity index (χ0n) is 23.0. The van der Waals surface area contributed by atoms with Gasteiger partial charge in [0.25, 0.3) is 0 Å². The highest BCUT2D eigenvalue weighted by Gasteiger charge is 2.34. The van der Waals surface area contributed by atoms with E-state index in [1.807, 2.05) is 30.3 Å². The largest absolute Gasteiger partial charge is 0.497 e. The van der Waals surface area contributed by atoms with Crippen molar-refractivity contribution in [3.8, 4) is 11.5 Å². The maximum Gasteiger partial charge on any atom is 0.244 e. The van der Waals surface area contributed by atoms with E-state index in [4.69, 9.17) is 9.47 Å². The summed E-state index contributed by atoms with van der Waals surface area (Å²) < 4.78 is 52.2. The number of rotatable bonds is 13. The third-order valence-corrected chi connectivity index (χ3v) is 7.38. The number of hydrogen-bond acceptors (Lipinski definition) is 6. The summed E-state index contributed by atoms with van der Waals surface area (Å²) in [5.41, 5.74) is 1.08. The minimum absolute atomic E-state index is 0.114. The van der Waals surface area contributed by atoms with Crippen LogP contribution in [-0.2, 0) is 32.6 Å². The predicted molar refractivity (Wildman–Crippen MR) is 151 cm³/mol. The molecule has 214 valence electrons. The molecule has 3 rings (SSSR count). The zero-order chi connectivity index (χ0) is 29.3. The van der Waals surface area contributed by atoms with Crippen LogP contribution < -0.4 is 19.1 Å². The van der Waals surface area contributed by atoms with Crippen molar-refractivity contribution >= 4 is 27.5 Å². The minimum Gasteiger partial charge on any atom is -0.497 e. The van der Waals surface area contributed by atoms with Crippen LogP contribution in [0.4, 0.5) is 10.1 Å². The van der Waals surface area contributed by atoms with Crippen LogP contribution in [0.25, 0.3) is 0 Å². The number of carbonyl (C=O) groups is 2. The van der Waals surface area contributed by atoms with Crippen molar-refractivity contribution in [3.05, 3.63) is 89.7 Å². The van der Waals surface area contributed by atoms with Gasteiger partial charge in [-0.3, -0.25) is 13.9 Å². The SMILES string of the molecule is CCNC(=O)C(Cc1ccccc1)N(Cc1ccccc1F)C(=O)CN(c1ccc(OC)cc1OC)S(C)(=O)=O. The maximum atomic E-state index is 14.8. The molecule has 0 heterocycles. The number of amides is 2. The van der Waals surface area contributed by atoms with Gasteiger partial charge in [0, 0.05) is 31.1 Å². The molecule has 40 heavy (non-hydrogen) atoms. The summed E-state index contributed by atoms with van der Waals surface area (Å²) in [7, 11) is -1.17. The summed E-state index contributed by atoms with van der Waals surface area (Å²) in [5.74, 6) is -1.09. The van der Waals surface area contributed by atoms with Gasteiger partial charge in [0.1, 0.15) is 29.9 Å². The minimum atomic E-state index is -4.00. The Balaban J connectivity index is 2.09. The molecule has 0 aliphatic rings. The van der Waals surface area contributed by atoms with Crippen molar-refractivity contribution < 1.29 is 31.9 Å². The van der Waals surface area contributed by atoms with Crippen molar-refractivity contribution in [1.82, 2.24) is 10.2 Å². The van der Waals surface area contributed by atoms with E-state index in [2.05, 4.69) is 5.32 Å². The van der Waals surface area contributed by atoms with Crippen LogP contribution in [0.15, 0.2) is 72.8 Å². The molecule has 1 unspecified atom stereocenters. The number of nitrogens with zero attached hydrogens (tertiary/aromatic N) is 2. The number of ether oxygens (including phenoxy) is 2. The smallest absolute Gasteiger partial charge is 0.244 e. The van der Waals surface area contributed by atoms with E-state index >= 15 is 0 Å². The molecule has 1 N–H and O–H groups in total. The van der Waals surface area contributed by atoms with Gasteiger partial charge < -0.3 is 19.7 Å². The number of benzene rings is 3. The highest BCUT2D eigenvalue weighted by atomic mass is 32.2. The van der Waals surface area contributed by atoms with Crippen molar-refractivity contribution in [3.63, 3.8) is 0 Å². The molecule has 0 saturated heterocycles. The molecule has 0 saturated carbocycles. The molecule has 1 atom stereocenters. The van der Waals surface area contributed by atoms with Crippen molar-refractivity contribution in [2.45, 2.75) is 25.9 Å². The molecule has 0 radical (unpaired) electrons. The molecule has 0 spiro atoms. The number of anilines is 1. The van der Waals surface area contributed by atoms with E-state index in [9.17, 15) is 22.4 Å². The van der Waals surface area contributed by atoms with Crippen LogP contribution in [0.2, 0.25) is 0 Å². The predicted octanol–water partition coefficient (Wildman–Crippen LogP) is 3.39. The number of sulfonamides is 1. The number of nitrogens with one attached hydrogen (secondary N) is 1. The fourth-order valence-electron chi connectivity index (χ4n) is 4.24. The fourth-order valence-corrected chi connectivity index (χ4v) is 5.09. The van der Waals surface area contributed by atoms with Crippen LogP contribution in [-0.4, -0.2) is 64.7 Å². The standard InChI is InChI=1S/C29H34FN3O6S/c1-5-31-29(35)26(17-21-11-7-6-8-12-21)32(19-22-13-9-10-14-24(22)30)28(34)20-33(40(4,36)37)25-16-15-23(38-2)18-27(25)39-3/h6-16,18,26H,5,17,19-20H2,1-4H3,(H,31,35). The van der Waals surface area contributed by atoms with Gasteiger partial charge in [-0.15, -0.1) is 0 Å². The first-order valence-corrected chi connectivity index (χ1v) is 14.5. The van der Waals surface area contributed by atoms with Crippen LogP contribution in [0.3, 0.4) is 0 Å². The van der Waals surface area contributed by atoms with Crippen LogP contribution in [0.5, 0.6) is 11.5 Å². The summed E-state index contributed by atoms with van der Waals surface area (Å²) in [4.78, 5) is 28.6.